The number of alkyl carbamates (subject to hydrolysis) is 1. The number of hydrogen-bond acceptors (Lipinski definition) is 23. The summed E-state index contributed by atoms with van der Waals surface area (Å²) in [6.07, 6.45) is 1.53. The Kier molecular flexibility index (Phi) is 29.7. The lowest BCUT2D eigenvalue weighted by molar-refractivity contribution is -0.165. The molecule has 1 fully saturated rings. The number of amides is 4. The lowest BCUT2D eigenvalue weighted by atomic mass is 9.94. The highest BCUT2D eigenvalue weighted by molar-refractivity contribution is 7.93. The Morgan fingerprint density at radius 1 is 0.591 bits per heavy atom. The van der Waals surface area contributed by atoms with Crippen molar-refractivity contribution in [2.75, 3.05) is 72.0 Å². The van der Waals surface area contributed by atoms with E-state index in [2.05, 4.69) is 15.6 Å². The zero-order valence-corrected chi connectivity index (χ0v) is 58.8. The van der Waals surface area contributed by atoms with E-state index in [1.807, 2.05) is 0 Å². The normalized spacial score (nSPS) is 14.7. The second-order valence-corrected chi connectivity index (χ2v) is 31.2. The molecule has 0 aliphatic carbocycles. The van der Waals surface area contributed by atoms with E-state index in [1.54, 1.807) is 148 Å². The molecule has 4 amide bonds. The molecule has 3 rings (SSSR count). The Labute approximate surface area is 549 Å². The van der Waals surface area contributed by atoms with E-state index >= 15 is 0 Å². The van der Waals surface area contributed by atoms with E-state index in [0.29, 0.717) is 11.5 Å². The highest BCUT2D eigenvalue weighted by Gasteiger charge is 2.54. The highest BCUT2D eigenvalue weighted by atomic mass is 32.2. The van der Waals surface area contributed by atoms with Crippen LogP contribution in [0.25, 0.3) is 0 Å². The fourth-order valence-corrected chi connectivity index (χ4v) is 11.6. The van der Waals surface area contributed by atoms with E-state index in [4.69, 9.17) is 33.2 Å². The number of sulfone groups is 1. The lowest BCUT2D eigenvalue weighted by Gasteiger charge is -2.40. The predicted octanol–water partition coefficient (Wildman–Crippen LogP) is 6.46. The SMILES string of the molecule is CC(C)(C)OC(=O)CN(CCN(CCN(CC(=O)OC(C)(C)C)CC(=O)OC(C)(C)C)[C@@H](CCC(=O)NCCCC[C@H](NC(=O)OC(C)(C)C)C(=O)N1CCC(C(=O)NO)(S(=O)(=O)c2ccc(Oc3cccnc3)cc2)CC1)C(=O)OC(C)(C)C)CC(=O)OC(C)(C)C. The average molecular weight is 1330 g/mol. The summed E-state index contributed by atoms with van der Waals surface area (Å²) in [7, 11) is -4.52. The van der Waals surface area contributed by atoms with Gasteiger partial charge >= 0.3 is 35.9 Å². The number of esters is 5. The summed E-state index contributed by atoms with van der Waals surface area (Å²) < 4.78 is 66.2. The molecular weight excluding hydrogens is 1230 g/mol. The maximum atomic E-state index is 14.5. The third kappa shape index (κ3) is 30.3. The minimum absolute atomic E-state index is 0.0318. The summed E-state index contributed by atoms with van der Waals surface area (Å²) in [5.41, 5.74) is -3.92. The first-order chi connectivity index (χ1) is 42.7. The number of carbonyl (C=O) groups excluding carboxylic acids is 9. The molecule has 1 aromatic heterocycles. The minimum Gasteiger partial charge on any atom is -0.459 e. The quantitative estimate of drug-likeness (QED) is 0.0207. The second-order valence-electron chi connectivity index (χ2n) is 29.0. The number of carbonyl (C=O) groups is 9. The molecule has 1 saturated heterocycles. The molecule has 4 N–H and O–H groups in total. The van der Waals surface area contributed by atoms with Crippen molar-refractivity contribution >= 4 is 63.5 Å². The van der Waals surface area contributed by atoms with Gasteiger partial charge in [0.2, 0.25) is 11.8 Å². The fourth-order valence-electron chi connectivity index (χ4n) is 9.69. The van der Waals surface area contributed by atoms with Gasteiger partial charge in [-0.15, -0.1) is 0 Å². The van der Waals surface area contributed by atoms with Gasteiger partial charge in [-0.25, -0.2) is 18.7 Å². The molecule has 2 atom stereocenters. The maximum Gasteiger partial charge on any atom is 0.408 e. The topological polar surface area (TPSA) is 335 Å². The number of aromatic nitrogens is 1. The summed E-state index contributed by atoms with van der Waals surface area (Å²) in [5, 5.41) is 15.4. The number of piperidine rings is 1. The van der Waals surface area contributed by atoms with Crippen molar-refractivity contribution in [3.8, 4) is 11.5 Å². The summed E-state index contributed by atoms with van der Waals surface area (Å²) in [6.45, 7) is 28.5. The molecule has 0 unspecified atom stereocenters. The Morgan fingerprint density at radius 3 is 1.45 bits per heavy atom. The zero-order chi connectivity index (χ0) is 70.6. The van der Waals surface area contributed by atoms with Gasteiger partial charge in [-0.2, -0.15) is 0 Å². The van der Waals surface area contributed by atoms with Crippen LogP contribution in [-0.2, 0) is 76.6 Å². The Balaban J connectivity index is 1.90. The van der Waals surface area contributed by atoms with Crippen LogP contribution in [0.3, 0.4) is 0 Å². The third-order valence-corrected chi connectivity index (χ3v) is 15.9. The molecule has 0 bridgehead atoms. The number of nitrogens with zero attached hydrogens (tertiary/aromatic N) is 5. The van der Waals surface area contributed by atoms with Gasteiger partial charge in [0, 0.05) is 58.4 Å². The maximum absolute atomic E-state index is 14.5. The molecule has 1 aromatic carbocycles. The largest absolute Gasteiger partial charge is 0.459 e. The lowest BCUT2D eigenvalue weighted by Crippen LogP contribution is -2.60. The molecule has 524 valence electrons. The van der Waals surface area contributed by atoms with Crippen LogP contribution < -0.4 is 20.9 Å². The zero-order valence-electron chi connectivity index (χ0n) is 57.9. The van der Waals surface area contributed by atoms with E-state index in [1.165, 1.54) is 50.6 Å². The Hall–Kier alpha value is -7.01. The average Bonchev–Trinajstić information content (AvgIpc) is 0.744. The fraction of sp³-hybridized carbons (Fsp3) is 0.692. The van der Waals surface area contributed by atoms with Crippen molar-refractivity contribution in [3.05, 3.63) is 48.8 Å². The van der Waals surface area contributed by atoms with Crippen molar-refractivity contribution < 1.29 is 89.9 Å². The predicted molar refractivity (Wildman–Crippen MR) is 343 cm³/mol. The highest BCUT2D eigenvalue weighted by Crippen LogP contribution is 2.37. The molecule has 28 heteroatoms. The molecule has 2 heterocycles. The van der Waals surface area contributed by atoms with Gasteiger partial charge in [0.15, 0.2) is 14.6 Å². The van der Waals surface area contributed by atoms with Crippen molar-refractivity contribution in [2.45, 2.75) is 225 Å². The number of unbranched alkanes of at least 4 members (excludes halogenated alkanes) is 1. The van der Waals surface area contributed by atoms with Gasteiger partial charge < -0.3 is 48.7 Å². The standard InChI is InChI=1S/C65H104N8O19S/c1-59(2,3)87-51(75)41-70(42-52(76)88-60(4,5)6)36-38-72(39-37-71(43-53(77)89-61(7,8)9)44-54(78)90-62(10,11)12)49(56(80)91-63(13,14)15)28-29-50(74)67-33-20-19-23-48(68-58(82)92-64(16,17)18)55(79)73-34-30-65(31-35-73,57(81)69-83)93(84,85)47-26-24-45(25-27-47)86-46-22-21-32-66-40-46/h21-22,24-27,32,40,48-49,83H,19-20,23,28-31,33-39,41-44H2,1-18H3,(H,67,74)(H,68,82)(H,69,81)/t48-,49-/m0/s1. The van der Waals surface area contributed by atoms with Crippen LogP contribution in [0.4, 0.5) is 4.79 Å². The van der Waals surface area contributed by atoms with Crippen LogP contribution >= 0.6 is 0 Å². The van der Waals surface area contributed by atoms with E-state index in [9.17, 15) is 56.8 Å². The van der Waals surface area contributed by atoms with Gasteiger partial charge in [0.05, 0.1) is 37.3 Å². The van der Waals surface area contributed by atoms with Crippen LogP contribution in [0.2, 0.25) is 0 Å². The minimum atomic E-state index is -4.52. The van der Waals surface area contributed by atoms with Gasteiger partial charge in [0.1, 0.15) is 57.2 Å². The van der Waals surface area contributed by atoms with Crippen molar-refractivity contribution in [3.63, 3.8) is 0 Å². The van der Waals surface area contributed by atoms with Crippen LogP contribution in [0.15, 0.2) is 53.7 Å². The van der Waals surface area contributed by atoms with E-state index in [-0.39, 0.29) is 109 Å². The van der Waals surface area contributed by atoms with Crippen molar-refractivity contribution in [1.82, 2.24) is 40.7 Å². The number of rotatable bonds is 31. The molecule has 1 aliphatic rings. The van der Waals surface area contributed by atoms with Crippen molar-refractivity contribution in [2.24, 2.45) is 0 Å². The summed E-state index contributed by atoms with van der Waals surface area (Å²) >= 11 is 0. The van der Waals surface area contributed by atoms with Crippen molar-refractivity contribution in [1.29, 1.82) is 0 Å². The van der Waals surface area contributed by atoms with E-state index in [0.717, 1.165) is 0 Å². The number of benzene rings is 1. The molecule has 1 aliphatic heterocycles. The van der Waals surface area contributed by atoms with Crippen LogP contribution in [0.1, 0.15) is 170 Å². The third-order valence-electron chi connectivity index (χ3n) is 13.4. The molecule has 0 radical (unpaired) electrons. The van der Waals surface area contributed by atoms with Crippen LogP contribution in [0.5, 0.6) is 11.5 Å². The summed E-state index contributed by atoms with van der Waals surface area (Å²) in [6, 6.07) is 6.34. The van der Waals surface area contributed by atoms with Gasteiger partial charge in [-0.1, -0.05) is 0 Å². The monoisotopic (exact) mass is 1330 g/mol. The van der Waals surface area contributed by atoms with Crippen LogP contribution in [0, 0.1) is 0 Å². The molecule has 0 spiro atoms. The number of pyridine rings is 1. The second kappa shape index (κ2) is 34.4. The Bertz CT molecular complexity index is 2810. The first-order valence-corrected chi connectivity index (χ1v) is 32.9. The Morgan fingerprint density at radius 2 is 1.04 bits per heavy atom. The molecule has 0 saturated carbocycles. The van der Waals surface area contributed by atoms with E-state index < -0.39 is 127 Å². The molecule has 27 nitrogen and oxygen atoms in total. The van der Waals surface area contributed by atoms with Gasteiger partial charge in [-0.05, 0) is 200 Å². The molecule has 93 heavy (non-hydrogen) atoms. The number of likely N-dealkylation sites (tertiary alicyclic amines) is 1. The summed E-state index contributed by atoms with van der Waals surface area (Å²) in [4.78, 5) is 133. The smallest absolute Gasteiger partial charge is 0.408 e. The number of ether oxygens (including phenoxy) is 7. The number of hydrogen-bond donors (Lipinski definition) is 4. The number of hydroxylamine groups is 1. The number of nitrogens with one attached hydrogen (secondary N) is 3. The molecule has 2 aromatic rings. The van der Waals surface area contributed by atoms with Gasteiger partial charge in [0.25, 0.3) is 5.91 Å². The molecular formula is C65H104N8O19S. The summed E-state index contributed by atoms with van der Waals surface area (Å²) in [5.74, 6) is -4.79. The van der Waals surface area contributed by atoms with Crippen LogP contribution in [-0.4, -0.2) is 214 Å². The first-order valence-electron chi connectivity index (χ1n) is 31.4. The van der Waals surface area contributed by atoms with Gasteiger partial charge in [-0.3, -0.25) is 63.2 Å². The first kappa shape index (κ1) is 80.2.